The van der Waals surface area contributed by atoms with Gasteiger partial charge in [0, 0.05) is 12.1 Å². The van der Waals surface area contributed by atoms with Gasteiger partial charge in [0.15, 0.2) is 5.17 Å². The van der Waals surface area contributed by atoms with E-state index in [2.05, 4.69) is 10.3 Å². The molecular formula is C16H9Cl2N3O3S. The summed E-state index contributed by atoms with van der Waals surface area (Å²) in [5.74, 6) is -0.324. The number of nitro benzene ring substituents is 1. The van der Waals surface area contributed by atoms with Crippen molar-refractivity contribution in [2.75, 3.05) is 0 Å². The van der Waals surface area contributed by atoms with Crippen LogP contribution in [-0.2, 0) is 4.79 Å². The number of hydrogen-bond donors (Lipinski definition) is 1. The topological polar surface area (TPSA) is 84.6 Å². The molecule has 25 heavy (non-hydrogen) atoms. The van der Waals surface area contributed by atoms with Gasteiger partial charge in [-0.25, -0.2) is 4.99 Å². The maximum absolute atomic E-state index is 12.1. The number of benzene rings is 2. The van der Waals surface area contributed by atoms with E-state index in [1.165, 1.54) is 12.1 Å². The van der Waals surface area contributed by atoms with Gasteiger partial charge in [-0.3, -0.25) is 14.9 Å². The Morgan fingerprint density at radius 1 is 1.16 bits per heavy atom. The summed E-state index contributed by atoms with van der Waals surface area (Å²) >= 11 is 12.9. The molecule has 0 atom stereocenters. The molecule has 126 valence electrons. The van der Waals surface area contributed by atoms with Crippen LogP contribution in [0, 0.1) is 10.1 Å². The summed E-state index contributed by atoms with van der Waals surface area (Å²) in [5.41, 5.74) is 1.07. The SMILES string of the molecule is O=C1NC(=Nc2ccc(Cl)c(Cl)c2)SC1=Cc1cccc([N+](=O)[O-])c1. The number of nitro groups is 1. The van der Waals surface area contributed by atoms with Gasteiger partial charge in [0.25, 0.3) is 11.6 Å². The summed E-state index contributed by atoms with van der Waals surface area (Å²) in [5, 5.41) is 14.6. The minimum atomic E-state index is -0.485. The number of nitrogens with one attached hydrogen (secondary N) is 1. The highest BCUT2D eigenvalue weighted by atomic mass is 35.5. The van der Waals surface area contributed by atoms with Crippen LogP contribution in [0.15, 0.2) is 52.4 Å². The van der Waals surface area contributed by atoms with Crippen molar-refractivity contribution in [2.45, 2.75) is 0 Å². The lowest BCUT2D eigenvalue weighted by Gasteiger charge is -1.99. The van der Waals surface area contributed by atoms with Crippen LogP contribution >= 0.6 is 35.0 Å². The minimum Gasteiger partial charge on any atom is -0.300 e. The third kappa shape index (κ3) is 4.19. The second-order valence-corrected chi connectivity index (χ2v) is 6.78. The molecule has 1 N–H and O–H groups in total. The van der Waals surface area contributed by atoms with Gasteiger partial charge in [0.1, 0.15) is 0 Å². The van der Waals surface area contributed by atoms with Crippen LogP contribution < -0.4 is 5.32 Å². The van der Waals surface area contributed by atoms with Crippen LogP contribution in [0.4, 0.5) is 11.4 Å². The lowest BCUT2D eigenvalue weighted by molar-refractivity contribution is -0.384. The zero-order valence-electron chi connectivity index (χ0n) is 12.4. The fourth-order valence-corrected chi connectivity index (χ4v) is 3.17. The van der Waals surface area contributed by atoms with Crippen molar-refractivity contribution in [3.05, 3.63) is 73.1 Å². The van der Waals surface area contributed by atoms with E-state index in [-0.39, 0.29) is 11.6 Å². The third-order valence-corrected chi connectivity index (χ3v) is 4.81. The van der Waals surface area contributed by atoms with Gasteiger partial charge in [0.2, 0.25) is 0 Å². The van der Waals surface area contributed by atoms with Crippen molar-refractivity contribution in [3.63, 3.8) is 0 Å². The van der Waals surface area contributed by atoms with Crippen LogP contribution in [0.25, 0.3) is 6.08 Å². The molecule has 1 saturated heterocycles. The molecule has 1 fully saturated rings. The smallest absolute Gasteiger partial charge is 0.270 e. The average molecular weight is 394 g/mol. The Labute approximate surface area is 156 Å². The number of amides is 1. The summed E-state index contributed by atoms with van der Waals surface area (Å²) in [6.07, 6.45) is 1.57. The van der Waals surface area contributed by atoms with E-state index in [4.69, 9.17) is 23.2 Å². The van der Waals surface area contributed by atoms with Crippen molar-refractivity contribution < 1.29 is 9.72 Å². The molecule has 2 aromatic rings. The molecular weight excluding hydrogens is 385 g/mol. The zero-order valence-corrected chi connectivity index (χ0v) is 14.7. The predicted octanol–water partition coefficient (Wildman–Crippen LogP) is 4.79. The number of thioether (sulfide) groups is 1. The van der Waals surface area contributed by atoms with Crippen molar-refractivity contribution in [1.29, 1.82) is 0 Å². The quantitative estimate of drug-likeness (QED) is 0.461. The summed E-state index contributed by atoms with van der Waals surface area (Å²) < 4.78 is 0. The van der Waals surface area contributed by atoms with Gasteiger partial charge >= 0.3 is 0 Å². The number of non-ortho nitro benzene ring substituents is 1. The third-order valence-electron chi connectivity index (χ3n) is 3.16. The molecule has 1 amide bonds. The first kappa shape index (κ1) is 17.5. The van der Waals surface area contributed by atoms with Crippen LogP contribution in [-0.4, -0.2) is 16.0 Å². The number of nitrogens with zero attached hydrogens (tertiary/aromatic N) is 2. The molecule has 9 heteroatoms. The van der Waals surface area contributed by atoms with Gasteiger partial charge in [-0.05, 0) is 41.6 Å². The van der Waals surface area contributed by atoms with E-state index < -0.39 is 4.92 Å². The number of carbonyl (C=O) groups is 1. The molecule has 0 bridgehead atoms. The van der Waals surface area contributed by atoms with E-state index in [9.17, 15) is 14.9 Å². The maximum atomic E-state index is 12.1. The van der Waals surface area contributed by atoms with Crippen molar-refractivity contribution >= 4 is 63.5 Å². The average Bonchev–Trinajstić information content (AvgIpc) is 2.90. The molecule has 0 saturated carbocycles. The normalized spacial score (nSPS) is 17.1. The highest BCUT2D eigenvalue weighted by Gasteiger charge is 2.24. The first-order valence-corrected chi connectivity index (χ1v) is 8.49. The number of carbonyl (C=O) groups excluding carboxylic acids is 1. The number of halogens is 2. The van der Waals surface area contributed by atoms with Gasteiger partial charge in [-0.2, -0.15) is 0 Å². The molecule has 1 heterocycles. The van der Waals surface area contributed by atoms with Crippen LogP contribution in [0.5, 0.6) is 0 Å². The van der Waals surface area contributed by atoms with Crippen LogP contribution in [0.1, 0.15) is 5.56 Å². The second-order valence-electron chi connectivity index (χ2n) is 4.93. The minimum absolute atomic E-state index is 0.0394. The zero-order chi connectivity index (χ0) is 18.0. The summed E-state index contributed by atoms with van der Waals surface area (Å²) in [4.78, 5) is 27.1. The lowest BCUT2D eigenvalue weighted by Crippen LogP contribution is -2.19. The number of amidine groups is 1. The fraction of sp³-hybridized carbons (Fsp3) is 0. The Hall–Kier alpha value is -2.35. The molecule has 0 unspecified atom stereocenters. The second kappa shape index (κ2) is 7.26. The number of rotatable bonds is 3. The standard InChI is InChI=1S/C16H9Cl2N3O3S/c17-12-5-4-10(8-13(12)18)19-16-20-15(22)14(25-16)7-9-2-1-3-11(6-9)21(23)24/h1-8H,(H,19,20,22). The highest BCUT2D eigenvalue weighted by Crippen LogP contribution is 2.31. The van der Waals surface area contributed by atoms with Crippen molar-refractivity contribution in [2.24, 2.45) is 4.99 Å². The first-order valence-electron chi connectivity index (χ1n) is 6.91. The Morgan fingerprint density at radius 3 is 2.68 bits per heavy atom. The molecule has 1 aliphatic rings. The highest BCUT2D eigenvalue weighted by molar-refractivity contribution is 8.18. The molecule has 3 rings (SSSR count). The van der Waals surface area contributed by atoms with E-state index in [0.717, 1.165) is 11.8 Å². The first-order chi connectivity index (χ1) is 11.9. The van der Waals surface area contributed by atoms with Crippen molar-refractivity contribution in [1.82, 2.24) is 5.32 Å². The van der Waals surface area contributed by atoms with Crippen molar-refractivity contribution in [3.8, 4) is 0 Å². The fourth-order valence-electron chi connectivity index (χ4n) is 2.03. The summed E-state index contributed by atoms with van der Waals surface area (Å²) in [6, 6.07) is 10.9. The number of hydrogen-bond acceptors (Lipinski definition) is 5. The Bertz CT molecular complexity index is 944. The van der Waals surface area contributed by atoms with Gasteiger partial charge in [0.05, 0.1) is 25.6 Å². The van der Waals surface area contributed by atoms with Gasteiger partial charge in [-0.15, -0.1) is 0 Å². The molecule has 0 radical (unpaired) electrons. The van der Waals surface area contributed by atoms with Crippen LogP contribution in [0.3, 0.4) is 0 Å². The molecule has 0 aliphatic carbocycles. The van der Waals surface area contributed by atoms with E-state index >= 15 is 0 Å². The van der Waals surface area contributed by atoms with Crippen LogP contribution in [0.2, 0.25) is 10.0 Å². The monoisotopic (exact) mass is 393 g/mol. The summed E-state index contributed by atoms with van der Waals surface area (Å²) in [7, 11) is 0. The Balaban J connectivity index is 1.84. The molecule has 0 aromatic heterocycles. The molecule has 6 nitrogen and oxygen atoms in total. The molecule has 1 aliphatic heterocycles. The van der Waals surface area contributed by atoms with E-state index in [0.29, 0.717) is 31.4 Å². The lowest BCUT2D eigenvalue weighted by atomic mass is 10.2. The molecule has 0 spiro atoms. The summed E-state index contributed by atoms with van der Waals surface area (Å²) in [6.45, 7) is 0. The predicted molar refractivity (Wildman–Crippen MR) is 100 cm³/mol. The number of aliphatic imine (C=N–C) groups is 1. The Kier molecular flexibility index (Phi) is 5.08. The van der Waals surface area contributed by atoms with E-state index in [1.54, 1.807) is 36.4 Å². The maximum Gasteiger partial charge on any atom is 0.270 e. The van der Waals surface area contributed by atoms with Gasteiger partial charge in [-0.1, -0.05) is 35.3 Å². The van der Waals surface area contributed by atoms with E-state index in [1.807, 2.05) is 0 Å². The molecule has 2 aromatic carbocycles. The Morgan fingerprint density at radius 2 is 1.96 bits per heavy atom. The van der Waals surface area contributed by atoms with Gasteiger partial charge < -0.3 is 5.32 Å². The largest absolute Gasteiger partial charge is 0.300 e.